The van der Waals surface area contributed by atoms with Crippen molar-refractivity contribution in [3.05, 3.63) is 23.2 Å². The van der Waals surface area contributed by atoms with E-state index in [9.17, 15) is 9.90 Å². The van der Waals surface area contributed by atoms with Crippen LogP contribution in [0.2, 0.25) is 0 Å². The highest BCUT2D eigenvalue weighted by molar-refractivity contribution is 5.87. The van der Waals surface area contributed by atoms with Crippen LogP contribution in [0.4, 0.5) is 0 Å². The fourth-order valence-corrected chi connectivity index (χ4v) is 3.15. The van der Waals surface area contributed by atoms with E-state index in [1.165, 1.54) is 13.5 Å². The molecule has 5 nitrogen and oxygen atoms in total. The number of hydrogen-bond donors (Lipinski definition) is 1. The Morgan fingerprint density at radius 2 is 2.18 bits per heavy atom. The fraction of sp³-hybridized carbons (Fsp3) is 0.706. The summed E-state index contributed by atoms with van der Waals surface area (Å²) in [5.74, 6) is 0.903. The smallest absolute Gasteiger partial charge is 0.374 e. The van der Waals surface area contributed by atoms with Gasteiger partial charge in [0.2, 0.25) is 5.76 Å². The van der Waals surface area contributed by atoms with E-state index in [0.29, 0.717) is 5.92 Å². The Hall–Kier alpha value is -1.33. The molecule has 5 heteroatoms. The molecule has 0 bridgehead atoms. The summed E-state index contributed by atoms with van der Waals surface area (Å²) in [6, 6.07) is 1.94. The molecule has 1 saturated carbocycles. The zero-order valence-electron chi connectivity index (χ0n) is 14.0. The van der Waals surface area contributed by atoms with Crippen molar-refractivity contribution in [1.82, 2.24) is 4.90 Å². The van der Waals surface area contributed by atoms with Crippen LogP contribution in [-0.4, -0.2) is 42.8 Å². The van der Waals surface area contributed by atoms with Gasteiger partial charge in [0.05, 0.1) is 19.3 Å². The zero-order chi connectivity index (χ0) is 16.3. The Morgan fingerprint density at radius 1 is 1.50 bits per heavy atom. The van der Waals surface area contributed by atoms with Crippen molar-refractivity contribution in [2.45, 2.75) is 51.7 Å². The first-order valence-electron chi connectivity index (χ1n) is 8.01. The molecule has 1 aromatic rings. The van der Waals surface area contributed by atoms with Crippen LogP contribution in [0, 0.1) is 12.8 Å². The highest BCUT2D eigenvalue weighted by Crippen LogP contribution is 2.29. The molecule has 0 amide bonds. The highest BCUT2D eigenvalue weighted by atomic mass is 16.5. The van der Waals surface area contributed by atoms with E-state index < -0.39 is 5.97 Å². The Labute approximate surface area is 132 Å². The topological polar surface area (TPSA) is 62.9 Å². The van der Waals surface area contributed by atoms with Gasteiger partial charge in [-0.25, -0.2) is 4.79 Å². The Kier molecular flexibility index (Phi) is 5.64. The van der Waals surface area contributed by atoms with E-state index in [2.05, 4.69) is 11.8 Å². The molecule has 1 fully saturated rings. The van der Waals surface area contributed by atoms with E-state index >= 15 is 0 Å². The van der Waals surface area contributed by atoms with Gasteiger partial charge in [-0.3, -0.25) is 4.90 Å². The van der Waals surface area contributed by atoms with Gasteiger partial charge in [0.15, 0.2) is 0 Å². The number of furan rings is 1. The minimum atomic E-state index is -0.443. The number of aliphatic hydroxyl groups excluding tert-OH is 1. The molecule has 0 radical (unpaired) electrons. The van der Waals surface area contributed by atoms with Gasteiger partial charge in [0.25, 0.3) is 0 Å². The average Bonchev–Trinajstić information content (AvgIpc) is 2.89. The third-order valence-electron chi connectivity index (χ3n) is 4.77. The number of ether oxygens (including phenoxy) is 1. The summed E-state index contributed by atoms with van der Waals surface area (Å²) in [6.45, 7) is 4.72. The Morgan fingerprint density at radius 3 is 2.82 bits per heavy atom. The van der Waals surface area contributed by atoms with Crippen LogP contribution in [0.15, 0.2) is 10.5 Å². The number of carbonyl (C=O) groups is 1. The molecule has 0 aliphatic heterocycles. The van der Waals surface area contributed by atoms with Gasteiger partial charge < -0.3 is 14.3 Å². The van der Waals surface area contributed by atoms with Crippen LogP contribution in [0.3, 0.4) is 0 Å². The van der Waals surface area contributed by atoms with Gasteiger partial charge >= 0.3 is 5.97 Å². The second-order valence-corrected chi connectivity index (χ2v) is 6.38. The summed E-state index contributed by atoms with van der Waals surface area (Å²) in [7, 11) is 3.38. The first-order valence-corrected chi connectivity index (χ1v) is 8.01. The molecular formula is C17H27NO4. The number of aliphatic hydroxyl groups is 1. The molecule has 1 heterocycles. The number of aryl methyl sites for hydroxylation is 1. The van der Waals surface area contributed by atoms with Gasteiger partial charge in [-0.2, -0.15) is 0 Å². The highest BCUT2D eigenvalue weighted by Gasteiger charge is 2.27. The number of hydrogen-bond acceptors (Lipinski definition) is 5. The van der Waals surface area contributed by atoms with Crippen LogP contribution in [-0.2, 0) is 4.74 Å². The van der Waals surface area contributed by atoms with Crippen LogP contribution in [0.5, 0.6) is 0 Å². The van der Waals surface area contributed by atoms with Gasteiger partial charge in [-0.05, 0) is 45.7 Å². The average molecular weight is 309 g/mol. The van der Waals surface area contributed by atoms with Crippen LogP contribution >= 0.6 is 0 Å². The second-order valence-electron chi connectivity index (χ2n) is 6.38. The summed E-state index contributed by atoms with van der Waals surface area (Å²) >= 11 is 0. The molecule has 22 heavy (non-hydrogen) atoms. The molecule has 0 saturated heterocycles. The van der Waals surface area contributed by atoms with Crippen LogP contribution in [0.1, 0.15) is 60.5 Å². The summed E-state index contributed by atoms with van der Waals surface area (Å²) < 4.78 is 10.4. The molecule has 1 aliphatic carbocycles. The lowest BCUT2D eigenvalue weighted by Gasteiger charge is -2.33. The predicted molar refractivity (Wildman–Crippen MR) is 83.8 cm³/mol. The maximum Gasteiger partial charge on any atom is 0.374 e. The van der Waals surface area contributed by atoms with Gasteiger partial charge in [0, 0.05) is 12.1 Å². The molecular weight excluding hydrogens is 282 g/mol. The van der Waals surface area contributed by atoms with Crippen molar-refractivity contribution < 1.29 is 19.1 Å². The Balaban J connectivity index is 2.03. The second kappa shape index (κ2) is 7.29. The van der Waals surface area contributed by atoms with E-state index in [0.717, 1.165) is 37.1 Å². The summed E-state index contributed by atoms with van der Waals surface area (Å²) in [6.07, 6.45) is 4.09. The summed E-state index contributed by atoms with van der Waals surface area (Å²) in [5, 5.41) is 10.1. The number of esters is 1. The molecule has 124 valence electrons. The maximum absolute atomic E-state index is 11.6. The Bertz CT molecular complexity index is 511. The van der Waals surface area contributed by atoms with E-state index in [1.807, 2.05) is 20.0 Å². The maximum atomic E-state index is 11.6. The monoisotopic (exact) mass is 309 g/mol. The van der Waals surface area contributed by atoms with Gasteiger partial charge in [-0.1, -0.05) is 12.8 Å². The first kappa shape index (κ1) is 17.0. The van der Waals surface area contributed by atoms with E-state index in [-0.39, 0.29) is 17.9 Å². The lowest BCUT2D eigenvalue weighted by molar-refractivity contribution is 0.0421. The van der Waals surface area contributed by atoms with Crippen molar-refractivity contribution in [1.29, 1.82) is 0 Å². The number of rotatable bonds is 5. The largest absolute Gasteiger partial charge is 0.463 e. The molecule has 1 aromatic heterocycles. The predicted octanol–water partition coefficient (Wildman–Crippen LogP) is 2.92. The van der Waals surface area contributed by atoms with Crippen molar-refractivity contribution in [2.24, 2.45) is 5.92 Å². The van der Waals surface area contributed by atoms with Crippen molar-refractivity contribution in [3.63, 3.8) is 0 Å². The van der Waals surface area contributed by atoms with Crippen LogP contribution in [0.25, 0.3) is 0 Å². The molecule has 1 N–H and O–H groups in total. The normalized spacial score (nSPS) is 23.5. The van der Waals surface area contributed by atoms with E-state index in [1.54, 1.807) is 0 Å². The SMILES string of the molecule is COC(=O)c1oc(C(C)N(C)CC2CCCCC2O)cc1C. The molecule has 2 rings (SSSR count). The molecule has 1 aliphatic rings. The number of carbonyl (C=O) groups excluding carboxylic acids is 1. The minimum absolute atomic E-state index is 0.0474. The minimum Gasteiger partial charge on any atom is -0.463 e. The fourth-order valence-electron chi connectivity index (χ4n) is 3.15. The van der Waals surface area contributed by atoms with Gasteiger partial charge in [-0.15, -0.1) is 0 Å². The first-order chi connectivity index (χ1) is 10.4. The number of methoxy groups -OCH3 is 1. The molecule has 3 atom stereocenters. The zero-order valence-corrected chi connectivity index (χ0v) is 14.0. The summed E-state index contributed by atoms with van der Waals surface area (Å²) in [4.78, 5) is 13.8. The van der Waals surface area contributed by atoms with Crippen molar-refractivity contribution >= 4 is 5.97 Å². The lowest BCUT2D eigenvalue weighted by Crippen LogP contribution is -2.36. The van der Waals surface area contributed by atoms with Crippen molar-refractivity contribution in [2.75, 3.05) is 20.7 Å². The molecule has 3 unspecified atom stereocenters. The van der Waals surface area contributed by atoms with Crippen molar-refractivity contribution in [3.8, 4) is 0 Å². The third-order valence-corrected chi connectivity index (χ3v) is 4.77. The quantitative estimate of drug-likeness (QED) is 0.847. The lowest BCUT2D eigenvalue weighted by atomic mass is 9.86. The number of nitrogens with zero attached hydrogens (tertiary/aromatic N) is 1. The molecule has 0 spiro atoms. The summed E-state index contributed by atoms with van der Waals surface area (Å²) in [5.41, 5.74) is 0.791. The third kappa shape index (κ3) is 3.70. The molecule has 0 aromatic carbocycles. The van der Waals surface area contributed by atoms with Gasteiger partial charge in [0.1, 0.15) is 5.76 Å². The van der Waals surface area contributed by atoms with E-state index in [4.69, 9.17) is 9.15 Å². The van der Waals surface area contributed by atoms with Crippen LogP contribution < -0.4 is 0 Å². The standard InChI is InChI=1S/C17H27NO4/c1-11-9-15(22-16(11)17(20)21-4)12(2)18(3)10-13-7-5-6-8-14(13)19/h9,12-14,19H,5-8,10H2,1-4H3.